The van der Waals surface area contributed by atoms with Gasteiger partial charge in [-0.25, -0.2) is 5.43 Å². The van der Waals surface area contributed by atoms with Gasteiger partial charge in [-0.3, -0.25) is 9.79 Å². The van der Waals surface area contributed by atoms with Crippen LogP contribution < -0.4 is 11.2 Å². The second-order valence-corrected chi connectivity index (χ2v) is 7.77. The summed E-state index contributed by atoms with van der Waals surface area (Å²) in [5.41, 5.74) is 12.4. The zero-order chi connectivity index (χ0) is 20.5. The van der Waals surface area contributed by atoms with Crippen LogP contribution in [0.5, 0.6) is 0 Å². The first-order valence-electron chi connectivity index (χ1n) is 9.09. The van der Waals surface area contributed by atoms with Crippen LogP contribution in [0, 0.1) is 0 Å². The first-order chi connectivity index (χ1) is 14.0. The number of aliphatic imine (C=N–C) groups is 1. The van der Waals surface area contributed by atoms with E-state index in [2.05, 4.69) is 15.5 Å². The molecule has 3 N–H and O–H groups in total. The van der Waals surface area contributed by atoms with Crippen LogP contribution in [0.4, 0.5) is 0 Å². The van der Waals surface area contributed by atoms with E-state index in [1.165, 1.54) is 0 Å². The van der Waals surface area contributed by atoms with Gasteiger partial charge in [0.05, 0.1) is 12.6 Å². The van der Waals surface area contributed by atoms with Crippen LogP contribution in [-0.4, -0.2) is 55.1 Å². The Kier molecular flexibility index (Phi) is 4.98. The fraction of sp³-hybridized carbons (Fsp3) is 0.250. The molecule has 0 radical (unpaired) electrons. The standard InChI is InChI=1S/C20H22N6O2S/c1-25(2)20(27)13-6-4-12(5-7-13)15-10-22-17(21)16(26(15)3)19-24-23-18(28-19)14-8-9-29-11-14/h4-9,11,15,24H,10H2,1-3H3,(H2,21,22). The van der Waals surface area contributed by atoms with E-state index in [0.29, 0.717) is 35.4 Å². The highest BCUT2D eigenvalue weighted by molar-refractivity contribution is 7.08. The maximum atomic E-state index is 12.1. The van der Waals surface area contributed by atoms with Crippen molar-refractivity contribution in [3.05, 3.63) is 69.4 Å². The fourth-order valence-electron chi connectivity index (χ4n) is 3.29. The Labute approximate surface area is 173 Å². The number of hydrogen-bond acceptors (Lipinski definition) is 8. The highest BCUT2D eigenvalue weighted by Gasteiger charge is 2.31. The van der Waals surface area contributed by atoms with Crippen molar-refractivity contribution in [1.29, 1.82) is 0 Å². The summed E-state index contributed by atoms with van der Waals surface area (Å²) in [5.74, 6) is 1.33. The molecule has 0 bridgehead atoms. The van der Waals surface area contributed by atoms with Gasteiger partial charge in [-0.15, -0.1) is 5.10 Å². The molecule has 1 atom stereocenters. The minimum Gasteiger partial charge on any atom is -0.417 e. The van der Waals surface area contributed by atoms with Crippen LogP contribution in [0.1, 0.15) is 27.5 Å². The van der Waals surface area contributed by atoms with Crippen LogP contribution in [0.2, 0.25) is 0 Å². The molecule has 2 aliphatic heterocycles. The Morgan fingerprint density at radius 3 is 2.72 bits per heavy atom. The Balaban J connectivity index is 1.58. The van der Waals surface area contributed by atoms with Crippen LogP contribution in [-0.2, 0) is 4.74 Å². The lowest BCUT2D eigenvalue weighted by molar-refractivity contribution is 0.0827. The number of nitrogens with one attached hydrogen (secondary N) is 1. The minimum atomic E-state index is -0.0381. The van der Waals surface area contributed by atoms with Gasteiger partial charge in [0.15, 0.2) is 0 Å². The van der Waals surface area contributed by atoms with Crippen molar-refractivity contribution < 1.29 is 9.53 Å². The van der Waals surface area contributed by atoms with E-state index in [4.69, 9.17) is 10.5 Å². The monoisotopic (exact) mass is 410 g/mol. The summed E-state index contributed by atoms with van der Waals surface area (Å²) in [7, 11) is 5.42. The smallest absolute Gasteiger partial charge is 0.253 e. The molecule has 0 spiro atoms. The van der Waals surface area contributed by atoms with Gasteiger partial charge in [-0.1, -0.05) is 12.1 Å². The zero-order valence-electron chi connectivity index (χ0n) is 16.4. The van der Waals surface area contributed by atoms with E-state index in [1.54, 1.807) is 30.3 Å². The fourth-order valence-corrected chi connectivity index (χ4v) is 3.91. The predicted octanol–water partition coefficient (Wildman–Crippen LogP) is 1.94. The number of carbonyl (C=O) groups is 1. The maximum absolute atomic E-state index is 12.1. The van der Waals surface area contributed by atoms with Crippen molar-refractivity contribution in [3.63, 3.8) is 0 Å². The van der Waals surface area contributed by atoms with Gasteiger partial charge in [0.1, 0.15) is 11.5 Å². The summed E-state index contributed by atoms with van der Waals surface area (Å²) in [6.45, 7) is 0.512. The Morgan fingerprint density at radius 1 is 1.31 bits per heavy atom. The van der Waals surface area contributed by atoms with Gasteiger partial charge >= 0.3 is 0 Å². The summed E-state index contributed by atoms with van der Waals surface area (Å²) in [6, 6.07) is 9.48. The van der Waals surface area contributed by atoms with Crippen LogP contribution in [0.25, 0.3) is 0 Å². The molecule has 1 aromatic heterocycles. The third-order valence-electron chi connectivity index (χ3n) is 4.89. The molecule has 1 aromatic carbocycles. The largest absolute Gasteiger partial charge is 0.417 e. The second-order valence-electron chi connectivity index (χ2n) is 6.99. The molecule has 1 amide bonds. The van der Waals surface area contributed by atoms with Crippen molar-refractivity contribution in [2.24, 2.45) is 15.8 Å². The van der Waals surface area contributed by atoms with Gasteiger partial charge in [0.25, 0.3) is 5.91 Å². The van der Waals surface area contributed by atoms with Crippen molar-refractivity contribution in [2.75, 3.05) is 27.7 Å². The van der Waals surface area contributed by atoms with Crippen molar-refractivity contribution in [3.8, 4) is 0 Å². The maximum Gasteiger partial charge on any atom is 0.253 e. The van der Waals surface area contributed by atoms with Gasteiger partial charge in [-0.05, 0) is 29.1 Å². The number of hydrazone groups is 1. The molecule has 0 saturated heterocycles. The number of nitrogens with two attached hydrogens (primary N) is 1. The molecule has 1 unspecified atom stereocenters. The third-order valence-corrected chi connectivity index (χ3v) is 5.57. The van der Waals surface area contributed by atoms with Crippen molar-refractivity contribution >= 4 is 29.0 Å². The average molecular weight is 411 g/mol. The van der Waals surface area contributed by atoms with Gasteiger partial charge in [0.2, 0.25) is 11.8 Å². The molecule has 150 valence electrons. The molecule has 0 aliphatic carbocycles. The summed E-state index contributed by atoms with van der Waals surface area (Å²) in [5, 5.41) is 8.20. The van der Waals surface area contributed by atoms with Crippen molar-refractivity contribution in [1.82, 2.24) is 15.2 Å². The number of benzene rings is 1. The van der Waals surface area contributed by atoms with E-state index in [-0.39, 0.29) is 11.9 Å². The van der Waals surface area contributed by atoms with E-state index in [0.717, 1.165) is 11.1 Å². The predicted molar refractivity (Wildman–Crippen MR) is 114 cm³/mol. The number of amidine groups is 1. The number of amides is 1. The van der Waals surface area contributed by atoms with Crippen molar-refractivity contribution in [2.45, 2.75) is 6.04 Å². The molecule has 9 heteroatoms. The van der Waals surface area contributed by atoms with E-state index >= 15 is 0 Å². The second kappa shape index (κ2) is 7.59. The lowest BCUT2D eigenvalue weighted by atomic mass is 10.0. The molecule has 8 nitrogen and oxygen atoms in total. The van der Waals surface area contributed by atoms with E-state index in [1.807, 2.05) is 53.0 Å². The summed E-state index contributed by atoms with van der Waals surface area (Å²) < 4.78 is 5.92. The molecular formula is C20H22N6O2S. The number of ether oxygens (including phenoxy) is 1. The highest BCUT2D eigenvalue weighted by Crippen LogP contribution is 2.30. The van der Waals surface area contributed by atoms with Crippen LogP contribution >= 0.6 is 11.3 Å². The minimum absolute atomic E-state index is 0.0275. The lowest BCUT2D eigenvalue weighted by Crippen LogP contribution is -2.40. The number of likely N-dealkylation sites (N-methyl/N-ethyl adjacent to an activating group) is 1. The van der Waals surface area contributed by atoms with Crippen LogP contribution in [0.3, 0.4) is 0 Å². The average Bonchev–Trinajstić information content (AvgIpc) is 3.40. The molecule has 2 aromatic rings. The lowest BCUT2D eigenvalue weighted by Gasteiger charge is -2.34. The number of carbonyl (C=O) groups excluding carboxylic acids is 1. The molecule has 0 fully saturated rings. The molecule has 3 heterocycles. The van der Waals surface area contributed by atoms with E-state index in [9.17, 15) is 4.79 Å². The number of hydrogen-bond donors (Lipinski definition) is 2. The Hall–Kier alpha value is -3.33. The summed E-state index contributed by atoms with van der Waals surface area (Å²) in [6.07, 6.45) is 0. The van der Waals surface area contributed by atoms with Crippen LogP contribution in [0.15, 0.2) is 62.8 Å². The third kappa shape index (κ3) is 3.56. The summed E-state index contributed by atoms with van der Waals surface area (Å²) >= 11 is 1.58. The highest BCUT2D eigenvalue weighted by atomic mass is 32.1. The van der Waals surface area contributed by atoms with E-state index < -0.39 is 0 Å². The first kappa shape index (κ1) is 19.0. The number of nitrogens with zero attached hydrogens (tertiary/aromatic N) is 4. The summed E-state index contributed by atoms with van der Waals surface area (Å²) in [4.78, 5) is 20.2. The number of rotatable bonds is 3. The quantitative estimate of drug-likeness (QED) is 0.806. The SMILES string of the molecule is CN(C)C(=O)c1ccc(C2CN=C(N)C(=C3NN=C(c4ccsc4)O3)N2C)cc1. The molecule has 0 saturated carbocycles. The number of thiophene rings is 1. The molecule has 29 heavy (non-hydrogen) atoms. The normalized spacial score (nSPS) is 21.2. The molecular weight excluding hydrogens is 388 g/mol. The zero-order valence-corrected chi connectivity index (χ0v) is 17.2. The Morgan fingerprint density at radius 2 is 2.07 bits per heavy atom. The van der Waals surface area contributed by atoms with Gasteiger partial charge < -0.3 is 20.3 Å². The topological polar surface area (TPSA) is 95.5 Å². The Bertz CT molecular complexity index is 1010. The molecule has 4 rings (SSSR count). The first-order valence-corrected chi connectivity index (χ1v) is 10.0. The van der Waals surface area contributed by atoms with Gasteiger partial charge in [-0.2, -0.15) is 11.3 Å². The van der Waals surface area contributed by atoms with Gasteiger partial charge in [0, 0.05) is 37.6 Å². The molecule has 2 aliphatic rings.